The van der Waals surface area contributed by atoms with Gasteiger partial charge in [0.2, 0.25) is 5.91 Å². The summed E-state index contributed by atoms with van der Waals surface area (Å²) in [6.45, 7) is 7.82. The van der Waals surface area contributed by atoms with Gasteiger partial charge in [-0.1, -0.05) is 97.9 Å². The number of hydrogen-bond donors (Lipinski definition) is 1. The van der Waals surface area contributed by atoms with Gasteiger partial charge in [-0.25, -0.2) is 0 Å². The molecular formula is C30H36N2O. The smallest absolute Gasteiger partial charge is 0.225 e. The molecule has 0 fully saturated rings. The molecule has 3 rings (SSSR count). The summed E-state index contributed by atoms with van der Waals surface area (Å²) in [5, 5.41) is 0. The molecule has 0 radical (unpaired) electrons. The molecule has 3 aromatic rings. The summed E-state index contributed by atoms with van der Waals surface area (Å²) in [4.78, 5) is 15.6. The summed E-state index contributed by atoms with van der Waals surface area (Å²) in [6.07, 6.45) is 2.85. The number of amides is 1. The lowest BCUT2D eigenvalue weighted by molar-refractivity contribution is -0.134. The predicted octanol–water partition coefficient (Wildman–Crippen LogP) is 6.04. The van der Waals surface area contributed by atoms with E-state index in [4.69, 9.17) is 5.73 Å². The number of nitrogens with two attached hydrogens (primary N) is 1. The summed E-state index contributed by atoms with van der Waals surface area (Å²) in [6, 6.07) is 29.2. The van der Waals surface area contributed by atoms with E-state index >= 15 is 0 Å². The molecule has 0 saturated heterocycles. The van der Waals surface area contributed by atoms with E-state index < -0.39 is 0 Å². The molecule has 3 aromatic carbocycles. The molecule has 2 N–H and O–H groups in total. The van der Waals surface area contributed by atoms with E-state index in [-0.39, 0.29) is 17.7 Å². The van der Waals surface area contributed by atoms with Crippen LogP contribution >= 0.6 is 0 Å². The van der Waals surface area contributed by atoms with Crippen LogP contribution in [-0.2, 0) is 4.79 Å². The van der Waals surface area contributed by atoms with Gasteiger partial charge >= 0.3 is 0 Å². The van der Waals surface area contributed by atoms with Crippen molar-refractivity contribution in [1.29, 1.82) is 0 Å². The van der Waals surface area contributed by atoms with Crippen LogP contribution in [0.2, 0.25) is 0 Å². The van der Waals surface area contributed by atoms with Gasteiger partial charge in [0.15, 0.2) is 0 Å². The maximum atomic E-state index is 13.6. The number of aryl methyl sites for hydroxylation is 1. The highest BCUT2D eigenvalue weighted by atomic mass is 16.2. The van der Waals surface area contributed by atoms with Crippen LogP contribution < -0.4 is 5.73 Å². The average Bonchev–Trinajstić information content (AvgIpc) is 2.86. The fourth-order valence-corrected chi connectivity index (χ4v) is 4.49. The molecule has 33 heavy (non-hydrogen) atoms. The Morgan fingerprint density at radius 3 is 1.97 bits per heavy atom. The number of hydrogen-bond acceptors (Lipinski definition) is 2. The van der Waals surface area contributed by atoms with Crippen LogP contribution in [0.3, 0.4) is 0 Å². The minimum atomic E-state index is -0.130. The van der Waals surface area contributed by atoms with E-state index in [1.165, 1.54) is 27.8 Å². The topological polar surface area (TPSA) is 46.3 Å². The lowest BCUT2D eigenvalue weighted by atomic mass is 9.89. The van der Waals surface area contributed by atoms with Crippen LogP contribution in [0.25, 0.3) is 5.57 Å². The molecule has 0 aliphatic rings. The zero-order valence-corrected chi connectivity index (χ0v) is 20.1. The first-order chi connectivity index (χ1) is 16.0. The molecule has 0 spiro atoms. The molecule has 0 bridgehead atoms. The molecular weight excluding hydrogens is 404 g/mol. The average molecular weight is 441 g/mol. The molecule has 1 amide bonds. The highest BCUT2D eigenvalue weighted by Gasteiger charge is 2.25. The SMILES string of the molecule is C/C=C(/CC(C)C(=O)N(CCN)CC(c1ccccc1)c1ccccc1)c1ccccc1C. The Bertz CT molecular complexity index is 1000. The Balaban J connectivity index is 1.83. The Hall–Kier alpha value is -3.17. The third-order valence-corrected chi connectivity index (χ3v) is 6.30. The Kier molecular flexibility index (Phi) is 9.03. The molecule has 0 saturated carbocycles. The highest BCUT2D eigenvalue weighted by Crippen LogP contribution is 2.29. The molecule has 0 aromatic heterocycles. The maximum Gasteiger partial charge on any atom is 0.225 e. The Morgan fingerprint density at radius 2 is 1.45 bits per heavy atom. The first-order valence-corrected chi connectivity index (χ1v) is 11.8. The normalized spacial score (nSPS) is 12.6. The second kappa shape index (κ2) is 12.2. The minimum Gasteiger partial charge on any atom is -0.340 e. The summed E-state index contributed by atoms with van der Waals surface area (Å²) < 4.78 is 0. The van der Waals surface area contributed by atoms with E-state index in [2.05, 4.69) is 92.7 Å². The third-order valence-electron chi connectivity index (χ3n) is 6.30. The standard InChI is InChI=1S/C30H36N2O/c1-4-25(28-18-12-11-13-23(28)2)21-24(3)30(33)32(20-19-31)22-29(26-14-7-5-8-15-26)27-16-9-6-10-17-27/h4-18,24,29H,19-22,31H2,1-3H3/b25-4-. The quantitative estimate of drug-likeness (QED) is 0.417. The van der Waals surface area contributed by atoms with Gasteiger partial charge in [0.1, 0.15) is 0 Å². The van der Waals surface area contributed by atoms with Gasteiger partial charge in [-0.3, -0.25) is 4.79 Å². The van der Waals surface area contributed by atoms with Crippen LogP contribution in [0.15, 0.2) is 91.0 Å². The van der Waals surface area contributed by atoms with E-state index in [9.17, 15) is 4.79 Å². The van der Waals surface area contributed by atoms with Crippen LogP contribution in [0.1, 0.15) is 48.4 Å². The van der Waals surface area contributed by atoms with E-state index in [0.29, 0.717) is 26.1 Å². The lowest BCUT2D eigenvalue weighted by Crippen LogP contribution is -2.41. The number of carbonyl (C=O) groups is 1. The molecule has 0 aliphatic heterocycles. The van der Waals surface area contributed by atoms with Crippen LogP contribution in [0, 0.1) is 12.8 Å². The maximum absolute atomic E-state index is 13.6. The van der Waals surface area contributed by atoms with Crippen molar-refractivity contribution in [3.05, 3.63) is 113 Å². The number of rotatable bonds is 10. The van der Waals surface area contributed by atoms with E-state index in [1.54, 1.807) is 0 Å². The zero-order chi connectivity index (χ0) is 23.6. The van der Waals surface area contributed by atoms with Gasteiger partial charge in [0, 0.05) is 31.5 Å². The molecule has 3 heteroatoms. The third kappa shape index (κ3) is 6.43. The summed E-state index contributed by atoms with van der Waals surface area (Å²) in [5.41, 5.74) is 12.0. The van der Waals surface area contributed by atoms with Crippen molar-refractivity contribution in [3.8, 4) is 0 Å². The van der Waals surface area contributed by atoms with Gasteiger partial charge in [-0.15, -0.1) is 0 Å². The number of nitrogens with zero attached hydrogens (tertiary/aromatic N) is 1. The molecule has 3 nitrogen and oxygen atoms in total. The van der Waals surface area contributed by atoms with Crippen molar-refractivity contribution in [1.82, 2.24) is 4.90 Å². The van der Waals surface area contributed by atoms with E-state index in [0.717, 1.165) is 0 Å². The predicted molar refractivity (Wildman–Crippen MR) is 139 cm³/mol. The minimum absolute atomic E-state index is 0.104. The van der Waals surface area contributed by atoms with Crippen molar-refractivity contribution in [2.45, 2.75) is 33.1 Å². The fourth-order valence-electron chi connectivity index (χ4n) is 4.49. The van der Waals surface area contributed by atoms with Gasteiger partial charge < -0.3 is 10.6 Å². The fraction of sp³-hybridized carbons (Fsp3) is 0.300. The van der Waals surface area contributed by atoms with Gasteiger partial charge in [0.25, 0.3) is 0 Å². The van der Waals surface area contributed by atoms with Crippen molar-refractivity contribution in [2.24, 2.45) is 11.7 Å². The molecule has 0 aliphatic carbocycles. The molecule has 172 valence electrons. The molecule has 1 atom stereocenters. The van der Waals surface area contributed by atoms with Gasteiger partial charge in [-0.2, -0.15) is 0 Å². The van der Waals surface area contributed by atoms with Crippen molar-refractivity contribution in [2.75, 3.05) is 19.6 Å². The second-order valence-corrected chi connectivity index (χ2v) is 8.68. The summed E-state index contributed by atoms with van der Waals surface area (Å²) in [7, 11) is 0. The van der Waals surface area contributed by atoms with Crippen LogP contribution in [-0.4, -0.2) is 30.4 Å². The largest absolute Gasteiger partial charge is 0.340 e. The first kappa shape index (κ1) is 24.5. The molecule has 0 heterocycles. The first-order valence-electron chi connectivity index (χ1n) is 11.8. The van der Waals surface area contributed by atoms with Crippen LogP contribution in [0.4, 0.5) is 0 Å². The number of allylic oxidation sites excluding steroid dienone is 2. The second-order valence-electron chi connectivity index (χ2n) is 8.68. The number of benzene rings is 3. The Morgan fingerprint density at radius 1 is 0.909 bits per heavy atom. The van der Waals surface area contributed by atoms with Crippen molar-refractivity contribution < 1.29 is 4.79 Å². The van der Waals surface area contributed by atoms with E-state index in [1.807, 2.05) is 24.0 Å². The highest BCUT2D eigenvalue weighted by molar-refractivity contribution is 5.81. The van der Waals surface area contributed by atoms with Crippen molar-refractivity contribution in [3.63, 3.8) is 0 Å². The lowest BCUT2D eigenvalue weighted by Gasteiger charge is -2.30. The van der Waals surface area contributed by atoms with Gasteiger partial charge in [0.05, 0.1) is 0 Å². The van der Waals surface area contributed by atoms with Crippen LogP contribution in [0.5, 0.6) is 0 Å². The number of carbonyl (C=O) groups excluding carboxylic acids is 1. The zero-order valence-electron chi connectivity index (χ0n) is 20.1. The summed E-state index contributed by atoms with van der Waals surface area (Å²) in [5.74, 6) is 0.132. The van der Waals surface area contributed by atoms with Crippen molar-refractivity contribution >= 4 is 11.5 Å². The summed E-state index contributed by atoms with van der Waals surface area (Å²) >= 11 is 0. The monoisotopic (exact) mass is 440 g/mol. The molecule has 1 unspecified atom stereocenters. The Labute approximate surface area is 198 Å². The van der Waals surface area contributed by atoms with Gasteiger partial charge in [-0.05, 0) is 48.1 Å².